The maximum atomic E-state index is 12.7. The van der Waals surface area contributed by atoms with E-state index in [1.807, 2.05) is 42.5 Å². The van der Waals surface area contributed by atoms with Gasteiger partial charge in [0.15, 0.2) is 0 Å². The monoisotopic (exact) mass is 355 g/mol. The third-order valence-electron chi connectivity index (χ3n) is 4.33. The van der Waals surface area contributed by atoms with Gasteiger partial charge in [0.2, 0.25) is 0 Å². The predicted molar refractivity (Wildman–Crippen MR) is 101 cm³/mol. The van der Waals surface area contributed by atoms with E-state index >= 15 is 0 Å². The number of aromatic amines is 1. The number of para-hydroxylation sites is 2. The summed E-state index contributed by atoms with van der Waals surface area (Å²) in [6.07, 6.45) is 0. The highest BCUT2D eigenvalue weighted by molar-refractivity contribution is 6.31. The number of ether oxygens (including phenoxy) is 1. The Kier molecular flexibility index (Phi) is 4.34. The van der Waals surface area contributed by atoms with Crippen LogP contribution in [0.4, 0.5) is 11.4 Å². The molecule has 2 N–H and O–H groups in total. The first-order valence-electron chi connectivity index (χ1n) is 8.22. The molecule has 2 heterocycles. The van der Waals surface area contributed by atoms with Crippen molar-refractivity contribution in [2.45, 2.75) is 0 Å². The molecule has 1 aliphatic rings. The molecule has 25 heavy (non-hydrogen) atoms. The Morgan fingerprint density at radius 1 is 1.12 bits per heavy atom. The Bertz CT molecular complexity index is 916. The van der Waals surface area contributed by atoms with E-state index in [1.165, 1.54) is 0 Å². The van der Waals surface area contributed by atoms with E-state index in [4.69, 9.17) is 16.3 Å². The number of morpholine rings is 1. The van der Waals surface area contributed by atoms with Gasteiger partial charge >= 0.3 is 0 Å². The highest BCUT2D eigenvalue weighted by Crippen LogP contribution is 2.27. The van der Waals surface area contributed by atoms with Gasteiger partial charge in [-0.2, -0.15) is 0 Å². The number of rotatable bonds is 3. The quantitative estimate of drug-likeness (QED) is 0.749. The molecule has 1 aliphatic heterocycles. The zero-order chi connectivity index (χ0) is 17.2. The van der Waals surface area contributed by atoms with Gasteiger partial charge in [-0.3, -0.25) is 4.79 Å². The summed E-state index contributed by atoms with van der Waals surface area (Å²) in [5, 5.41) is 4.58. The van der Waals surface area contributed by atoms with Crippen molar-refractivity contribution in [3.63, 3.8) is 0 Å². The predicted octanol–water partition coefficient (Wildman–Crippen LogP) is 3.91. The van der Waals surface area contributed by atoms with E-state index in [1.54, 1.807) is 6.07 Å². The van der Waals surface area contributed by atoms with Crippen molar-refractivity contribution in [1.29, 1.82) is 0 Å². The van der Waals surface area contributed by atoms with Crippen LogP contribution in [0.3, 0.4) is 0 Å². The number of fused-ring (bicyclic) bond motifs is 1. The number of carbonyl (C=O) groups excluding carboxylic acids is 1. The van der Waals surface area contributed by atoms with Crippen molar-refractivity contribution >= 4 is 39.8 Å². The third kappa shape index (κ3) is 3.34. The van der Waals surface area contributed by atoms with Gasteiger partial charge in [0.1, 0.15) is 5.69 Å². The van der Waals surface area contributed by atoms with Crippen LogP contribution in [0, 0.1) is 0 Å². The minimum atomic E-state index is -0.173. The summed E-state index contributed by atoms with van der Waals surface area (Å²) in [6, 6.07) is 15.2. The van der Waals surface area contributed by atoms with Gasteiger partial charge in [0.05, 0.1) is 24.6 Å². The largest absolute Gasteiger partial charge is 0.378 e. The van der Waals surface area contributed by atoms with Crippen molar-refractivity contribution in [1.82, 2.24) is 4.98 Å². The lowest BCUT2D eigenvalue weighted by Crippen LogP contribution is -2.36. The fraction of sp³-hybridized carbons (Fsp3) is 0.211. The lowest BCUT2D eigenvalue weighted by atomic mass is 10.2. The Hall–Kier alpha value is -2.50. The third-order valence-corrected chi connectivity index (χ3v) is 4.57. The van der Waals surface area contributed by atoms with E-state index in [0.29, 0.717) is 23.9 Å². The number of H-pyrrole nitrogens is 1. The number of nitrogens with zero attached hydrogens (tertiary/aromatic N) is 1. The van der Waals surface area contributed by atoms with Crippen LogP contribution < -0.4 is 10.2 Å². The number of halogens is 1. The SMILES string of the molecule is O=C(Nc1ccccc1N1CCOCC1)c1cc2cc(Cl)ccc2[nH]1. The molecule has 1 fully saturated rings. The standard InChI is InChI=1S/C19H18ClN3O2/c20-14-5-6-15-13(11-14)12-17(21-15)19(24)22-16-3-1-2-4-18(16)23-7-9-25-10-8-23/h1-6,11-12,21H,7-10H2,(H,22,24). The Morgan fingerprint density at radius 2 is 1.92 bits per heavy atom. The first kappa shape index (κ1) is 16.0. The van der Waals surface area contributed by atoms with Gasteiger partial charge < -0.3 is 19.9 Å². The van der Waals surface area contributed by atoms with Crippen LogP contribution in [0.1, 0.15) is 10.5 Å². The molecule has 0 atom stereocenters. The summed E-state index contributed by atoms with van der Waals surface area (Å²) >= 11 is 6.01. The van der Waals surface area contributed by atoms with Crippen molar-refractivity contribution in [2.24, 2.45) is 0 Å². The smallest absolute Gasteiger partial charge is 0.272 e. The number of anilines is 2. The average molecular weight is 356 g/mol. The van der Waals surface area contributed by atoms with E-state index < -0.39 is 0 Å². The summed E-state index contributed by atoms with van der Waals surface area (Å²) < 4.78 is 5.41. The molecule has 1 aromatic heterocycles. The normalized spacial score (nSPS) is 14.7. The lowest BCUT2D eigenvalue weighted by molar-refractivity contribution is 0.102. The van der Waals surface area contributed by atoms with Crippen molar-refractivity contribution in [3.8, 4) is 0 Å². The molecule has 1 saturated heterocycles. The fourth-order valence-electron chi connectivity index (χ4n) is 3.07. The van der Waals surface area contributed by atoms with Crippen LogP contribution in [-0.2, 0) is 4.74 Å². The second-order valence-electron chi connectivity index (χ2n) is 5.99. The first-order valence-corrected chi connectivity index (χ1v) is 8.60. The summed E-state index contributed by atoms with van der Waals surface area (Å²) in [5.41, 5.74) is 3.20. The molecule has 0 spiro atoms. The van der Waals surface area contributed by atoms with Crippen LogP contribution >= 0.6 is 11.6 Å². The number of carbonyl (C=O) groups is 1. The zero-order valence-electron chi connectivity index (χ0n) is 13.6. The van der Waals surface area contributed by atoms with Crippen LogP contribution in [0.5, 0.6) is 0 Å². The Labute approximate surface area is 150 Å². The minimum absolute atomic E-state index is 0.173. The van der Waals surface area contributed by atoms with Crippen molar-refractivity contribution in [2.75, 3.05) is 36.5 Å². The molecular weight excluding hydrogens is 338 g/mol. The molecule has 128 valence electrons. The van der Waals surface area contributed by atoms with Gasteiger partial charge in [-0.25, -0.2) is 0 Å². The van der Waals surface area contributed by atoms with E-state index in [-0.39, 0.29) is 5.91 Å². The second-order valence-corrected chi connectivity index (χ2v) is 6.42. The highest BCUT2D eigenvalue weighted by Gasteiger charge is 2.17. The fourth-order valence-corrected chi connectivity index (χ4v) is 3.26. The maximum absolute atomic E-state index is 12.7. The molecule has 0 bridgehead atoms. The number of amides is 1. The summed E-state index contributed by atoms with van der Waals surface area (Å²) in [5.74, 6) is -0.173. The number of hydrogen-bond acceptors (Lipinski definition) is 3. The lowest BCUT2D eigenvalue weighted by Gasteiger charge is -2.30. The van der Waals surface area contributed by atoms with Crippen LogP contribution in [0.25, 0.3) is 10.9 Å². The molecule has 5 nitrogen and oxygen atoms in total. The van der Waals surface area contributed by atoms with Gasteiger partial charge in [-0.1, -0.05) is 23.7 Å². The molecule has 6 heteroatoms. The molecule has 0 radical (unpaired) electrons. The van der Waals surface area contributed by atoms with E-state index in [0.717, 1.165) is 35.4 Å². The molecule has 3 aromatic rings. The number of nitrogens with one attached hydrogen (secondary N) is 2. The molecule has 0 saturated carbocycles. The summed E-state index contributed by atoms with van der Waals surface area (Å²) in [7, 11) is 0. The van der Waals surface area contributed by atoms with E-state index in [9.17, 15) is 4.79 Å². The number of benzene rings is 2. The van der Waals surface area contributed by atoms with Crippen molar-refractivity contribution in [3.05, 3.63) is 59.2 Å². The molecule has 0 aliphatic carbocycles. The number of hydrogen-bond donors (Lipinski definition) is 2. The van der Waals surface area contributed by atoms with E-state index in [2.05, 4.69) is 15.2 Å². The zero-order valence-corrected chi connectivity index (χ0v) is 14.3. The highest BCUT2D eigenvalue weighted by atomic mass is 35.5. The molecule has 1 amide bonds. The van der Waals surface area contributed by atoms with Gasteiger partial charge in [0.25, 0.3) is 5.91 Å². The van der Waals surface area contributed by atoms with Gasteiger partial charge in [-0.15, -0.1) is 0 Å². The van der Waals surface area contributed by atoms with Gasteiger partial charge in [0, 0.05) is 29.0 Å². The topological polar surface area (TPSA) is 57.4 Å². The molecule has 0 unspecified atom stereocenters. The number of aromatic nitrogens is 1. The van der Waals surface area contributed by atoms with Crippen LogP contribution in [-0.4, -0.2) is 37.2 Å². The molecular formula is C19H18ClN3O2. The Morgan fingerprint density at radius 3 is 2.76 bits per heavy atom. The van der Waals surface area contributed by atoms with Crippen molar-refractivity contribution < 1.29 is 9.53 Å². The maximum Gasteiger partial charge on any atom is 0.272 e. The van der Waals surface area contributed by atoms with Gasteiger partial charge in [-0.05, 0) is 36.4 Å². The molecule has 2 aromatic carbocycles. The summed E-state index contributed by atoms with van der Waals surface area (Å²) in [4.78, 5) is 18.0. The minimum Gasteiger partial charge on any atom is -0.378 e. The second kappa shape index (κ2) is 6.78. The molecule has 4 rings (SSSR count). The average Bonchev–Trinajstić information content (AvgIpc) is 3.06. The Balaban J connectivity index is 1.59. The first-order chi connectivity index (χ1) is 12.2. The van der Waals surface area contributed by atoms with Crippen LogP contribution in [0.15, 0.2) is 48.5 Å². The van der Waals surface area contributed by atoms with Crippen LogP contribution in [0.2, 0.25) is 5.02 Å². The summed E-state index contributed by atoms with van der Waals surface area (Å²) in [6.45, 7) is 3.03.